The summed E-state index contributed by atoms with van der Waals surface area (Å²) >= 11 is 3.37. The maximum atomic E-state index is 12.0. The summed E-state index contributed by atoms with van der Waals surface area (Å²) in [4.78, 5) is 0. The van der Waals surface area contributed by atoms with Crippen molar-refractivity contribution in [3.8, 4) is 5.75 Å². The van der Waals surface area contributed by atoms with Crippen LogP contribution in [-0.4, -0.2) is 13.0 Å². The Balaban J connectivity index is 2.26. The standard InChI is InChI=1S/C12H9BrF2O/c13-10-3-1-9-6-11(16-7-12(14)15)4-2-8(9)5-10/h1-6,12H,7H2. The van der Waals surface area contributed by atoms with Gasteiger partial charge in [-0.1, -0.05) is 28.1 Å². The average molecular weight is 287 g/mol. The summed E-state index contributed by atoms with van der Waals surface area (Å²) in [5, 5.41) is 2.01. The van der Waals surface area contributed by atoms with E-state index in [1.54, 1.807) is 12.1 Å². The van der Waals surface area contributed by atoms with E-state index in [9.17, 15) is 8.78 Å². The Hall–Kier alpha value is -1.16. The predicted octanol–water partition coefficient (Wildman–Crippen LogP) is 4.25. The molecule has 0 amide bonds. The number of fused-ring (bicyclic) bond motifs is 1. The van der Waals surface area contributed by atoms with Crippen molar-refractivity contribution in [2.75, 3.05) is 6.61 Å². The second-order valence-corrected chi connectivity index (χ2v) is 4.27. The van der Waals surface area contributed by atoms with Gasteiger partial charge < -0.3 is 4.74 Å². The molecular formula is C12H9BrF2O. The Kier molecular flexibility index (Phi) is 3.39. The van der Waals surface area contributed by atoms with Crippen molar-refractivity contribution in [3.63, 3.8) is 0 Å². The van der Waals surface area contributed by atoms with Crippen LogP contribution in [-0.2, 0) is 0 Å². The van der Waals surface area contributed by atoms with Crippen LogP contribution in [0.25, 0.3) is 10.8 Å². The summed E-state index contributed by atoms with van der Waals surface area (Å²) in [6.07, 6.45) is -2.44. The van der Waals surface area contributed by atoms with Gasteiger partial charge in [-0.2, -0.15) is 0 Å². The molecule has 0 aliphatic carbocycles. The Morgan fingerprint density at radius 1 is 1.06 bits per heavy atom. The summed E-state index contributed by atoms with van der Waals surface area (Å²) in [6.45, 7) is -0.567. The molecule has 16 heavy (non-hydrogen) atoms. The Morgan fingerprint density at radius 2 is 1.75 bits per heavy atom. The van der Waals surface area contributed by atoms with Crippen molar-refractivity contribution in [1.29, 1.82) is 0 Å². The minimum absolute atomic E-state index is 0.468. The number of hydrogen-bond acceptors (Lipinski definition) is 1. The van der Waals surface area contributed by atoms with Crippen LogP contribution < -0.4 is 4.74 Å². The van der Waals surface area contributed by atoms with Crippen LogP contribution in [0.4, 0.5) is 8.78 Å². The fourth-order valence-electron chi connectivity index (χ4n) is 1.44. The lowest BCUT2D eigenvalue weighted by Gasteiger charge is -2.06. The van der Waals surface area contributed by atoms with Crippen LogP contribution in [0, 0.1) is 0 Å². The molecule has 0 saturated carbocycles. The number of hydrogen-bond donors (Lipinski definition) is 0. The molecule has 0 unspecified atom stereocenters. The van der Waals surface area contributed by atoms with Gasteiger partial charge in [0.25, 0.3) is 6.43 Å². The molecule has 2 aromatic carbocycles. The van der Waals surface area contributed by atoms with Crippen LogP contribution in [0.1, 0.15) is 0 Å². The van der Waals surface area contributed by atoms with Crippen LogP contribution >= 0.6 is 15.9 Å². The largest absolute Gasteiger partial charge is 0.488 e. The maximum absolute atomic E-state index is 12.0. The van der Waals surface area contributed by atoms with Gasteiger partial charge in [-0.3, -0.25) is 0 Å². The molecular weight excluding hydrogens is 278 g/mol. The highest BCUT2D eigenvalue weighted by Gasteiger charge is 2.04. The molecule has 0 fully saturated rings. The third kappa shape index (κ3) is 2.70. The first-order valence-corrected chi connectivity index (χ1v) is 5.55. The molecule has 4 heteroatoms. The minimum atomic E-state index is -2.44. The van der Waals surface area contributed by atoms with E-state index in [-0.39, 0.29) is 0 Å². The number of benzene rings is 2. The number of alkyl halides is 2. The molecule has 0 atom stereocenters. The van der Waals surface area contributed by atoms with Gasteiger partial charge in [-0.05, 0) is 35.0 Å². The van der Waals surface area contributed by atoms with Gasteiger partial charge in [0.2, 0.25) is 0 Å². The molecule has 0 aromatic heterocycles. The quantitative estimate of drug-likeness (QED) is 0.820. The second kappa shape index (κ2) is 4.78. The number of ether oxygens (including phenoxy) is 1. The molecule has 2 rings (SSSR count). The Labute approximate surface area is 100 Å². The lowest BCUT2D eigenvalue weighted by Crippen LogP contribution is -2.06. The Morgan fingerprint density at radius 3 is 2.50 bits per heavy atom. The molecule has 0 aliphatic rings. The lowest BCUT2D eigenvalue weighted by molar-refractivity contribution is 0.0820. The SMILES string of the molecule is FC(F)COc1ccc2cc(Br)ccc2c1. The molecule has 1 nitrogen and oxygen atoms in total. The first-order chi connectivity index (χ1) is 7.65. The van der Waals surface area contributed by atoms with E-state index >= 15 is 0 Å². The summed E-state index contributed by atoms with van der Waals surface area (Å²) < 4.78 is 29.8. The lowest BCUT2D eigenvalue weighted by atomic mass is 10.1. The minimum Gasteiger partial charge on any atom is -0.488 e. The highest BCUT2D eigenvalue weighted by atomic mass is 79.9. The molecule has 0 bridgehead atoms. The summed E-state index contributed by atoms with van der Waals surface area (Å²) in [7, 11) is 0. The predicted molar refractivity (Wildman–Crippen MR) is 63.1 cm³/mol. The fourth-order valence-corrected chi connectivity index (χ4v) is 1.82. The summed E-state index contributed by atoms with van der Waals surface area (Å²) in [5.74, 6) is 0.468. The third-order valence-electron chi connectivity index (χ3n) is 2.15. The molecule has 0 spiro atoms. The highest BCUT2D eigenvalue weighted by Crippen LogP contribution is 2.24. The number of halogens is 3. The van der Waals surface area contributed by atoms with E-state index in [0.717, 1.165) is 15.2 Å². The molecule has 0 saturated heterocycles. The summed E-state index contributed by atoms with van der Waals surface area (Å²) in [6, 6.07) is 11.1. The van der Waals surface area contributed by atoms with Crippen molar-refractivity contribution in [2.24, 2.45) is 0 Å². The zero-order chi connectivity index (χ0) is 11.5. The third-order valence-corrected chi connectivity index (χ3v) is 2.64. The van der Waals surface area contributed by atoms with Crippen molar-refractivity contribution in [1.82, 2.24) is 0 Å². The van der Waals surface area contributed by atoms with Gasteiger partial charge in [0.15, 0.2) is 0 Å². The first kappa shape index (κ1) is 11.3. The van der Waals surface area contributed by atoms with Gasteiger partial charge in [-0.15, -0.1) is 0 Å². The molecule has 0 radical (unpaired) electrons. The zero-order valence-electron chi connectivity index (χ0n) is 8.29. The molecule has 0 aliphatic heterocycles. The van der Waals surface area contributed by atoms with Gasteiger partial charge in [-0.25, -0.2) is 8.78 Å². The van der Waals surface area contributed by atoms with Crippen LogP contribution in [0.2, 0.25) is 0 Å². The van der Waals surface area contributed by atoms with Gasteiger partial charge in [0, 0.05) is 4.47 Å². The second-order valence-electron chi connectivity index (χ2n) is 3.36. The van der Waals surface area contributed by atoms with Crippen molar-refractivity contribution in [3.05, 3.63) is 40.9 Å². The van der Waals surface area contributed by atoms with E-state index in [4.69, 9.17) is 4.74 Å². The molecule has 2 aromatic rings. The van der Waals surface area contributed by atoms with Crippen LogP contribution in [0.5, 0.6) is 5.75 Å². The average Bonchev–Trinajstić information content (AvgIpc) is 2.26. The Bertz CT molecular complexity index is 499. The van der Waals surface area contributed by atoms with E-state index in [2.05, 4.69) is 15.9 Å². The number of rotatable bonds is 3. The highest BCUT2D eigenvalue weighted by molar-refractivity contribution is 9.10. The fraction of sp³-hybridized carbons (Fsp3) is 0.167. The molecule has 84 valence electrons. The smallest absolute Gasteiger partial charge is 0.272 e. The summed E-state index contributed by atoms with van der Waals surface area (Å²) in [5.41, 5.74) is 0. The monoisotopic (exact) mass is 286 g/mol. The van der Waals surface area contributed by atoms with Crippen LogP contribution in [0.3, 0.4) is 0 Å². The van der Waals surface area contributed by atoms with Crippen molar-refractivity contribution in [2.45, 2.75) is 6.43 Å². The topological polar surface area (TPSA) is 9.23 Å². The molecule has 0 N–H and O–H groups in total. The van der Waals surface area contributed by atoms with E-state index in [1.165, 1.54) is 0 Å². The van der Waals surface area contributed by atoms with Crippen molar-refractivity contribution >= 4 is 26.7 Å². The van der Waals surface area contributed by atoms with E-state index in [1.807, 2.05) is 24.3 Å². The van der Waals surface area contributed by atoms with Gasteiger partial charge in [0.05, 0.1) is 0 Å². The normalized spacial score (nSPS) is 11.0. The van der Waals surface area contributed by atoms with Gasteiger partial charge in [0.1, 0.15) is 12.4 Å². The molecule has 0 heterocycles. The zero-order valence-corrected chi connectivity index (χ0v) is 9.88. The van der Waals surface area contributed by atoms with E-state index < -0.39 is 13.0 Å². The van der Waals surface area contributed by atoms with Crippen molar-refractivity contribution < 1.29 is 13.5 Å². The van der Waals surface area contributed by atoms with E-state index in [0.29, 0.717) is 5.75 Å². The maximum Gasteiger partial charge on any atom is 0.272 e. The van der Waals surface area contributed by atoms with Gasteiger partial charge >= 0.3 is 0 Å². The van der Waals surface area contributed by atoms with Crippen LogP contribution in [0.15, 0.2) is 40.9 Å². The first-order valence-electron chi connectivity index (χ1n) is 4.75.